The van der Waals surface area contributed by atoms with Crippen molar-refractivity contribution in [2.75, 3.05) is 20.2 Å². The van der Waals surface area contributed by atoms with Crippen LogP contribution in [0.1, 0.15) is 26.7 Å². The largest absolute Gasteiger partial charge is 0.382 e. The minimum Gasteiger partial charge on any atom is -0.382 e. The molecule has 1 N–H and O–H groups in total. The molecule has 62 valence electrons. The Balaban J connectivity index is 2.89. The molecule has 1 unspecified atom stereocenters. The molecule has 0 saturated heterocycles. The molecule has 0 rings (SSSR count). The summed E-state index contributed by atoms with van der Waals surface area (Å²) in [6, 6.07) is 0. The van der Waals surface area contributed by atoms with Gasteiger partial charge in [0.05, 0.1) is 6.10 Å². The Kier molecular flexibility index (Phi) is 6.98. The summed E-state index contributed by atoms with van der Waals surface area (Å²) in [6.45, 7) is 6.46. The van der Waals surface area contributed by atoms with E-state index in [4.69, 9.17) is 4.74 Å². The van der Waals surface area contributed by atoms with Gasteiger partial charge in [-0.15, -0.1) is 0 Å². The first-order valence-corrected chi connectivity index (χ1v) is 4.04. The van der Waals surface area contributed by atoms with E-state index in [-0.39, 0.29) is 0 Å². The monoisotopic (exact) mass is 145 g/mol. The van der Waals surface area contributed by atoms with E-state index in [1.165, 1.54) is 6.42 Å². The molecule has 0 radical (unpaired) electrons. The maximum absolute atomic E-state index is 5.09. The number of hydrogen-bond donors (Lipinski definition) is 1. The molecule has 0 saturated carbocycles. The van der Waals surface area contributed by atoms with Crippen molar-refractivity contribution < 1.29 is 4.74 Å². The van der Waals surface area contributed by atoms with E-state index in [1.54, 1.807) is 7.11 Å². The van der Waals surface area contributed by atoms with Gasteiger partial charge in [0.2, 0.25) is 0 Å². The predicted molar refractivity (Wildman–Crippen MR) is 44.2 cm³/mol. The minimum atomic E-state index is 0.393. The zero-order chi connectivity index (χ0) is 7.82. The summed E-state index contributed by atoms with van der Waals surface area (Å²) >= 11 is 0. The molecule has 0 aromatic rings. The van der Waals surface area contributed by atoms with Crippen molar-refractivity contribution in [3.63, 3.8) is 0 Å². The standard InChI is InChI=1S/C8H19NO/c1-4-6-9-7-5-8(2)10-3/h8-9H,4-7H2,1-3H3. The Morgan fingerprint density at radius 2 is 2.10 bits per heavy atom. The van der Waals surface area contributed by atoms with Crippen LogP contribution in [0.5, 0.6) is 0 Å². The Hall–Kier alpha value is -0.0800. The second kappa shape index (κ2) is 7.03. The van der Waals surface area contributed by atoms with Crippen molar-refractivity contribution >= 4 is 0 Å². The highest BCUT2D eigenvalue weighted by atomic mass is 16.5. The zero-order valence-electron chi connectivity index (χ0n) is 7.31. The van der Waals surface area contributed by atoms with E-state index in [2.05, 4.69) is 19.2 Å². The smallest absolute Gasteiger partial charge is 0.0555 e. The van der Waals surface area contributed by atoms with Gasteiger partial charge in [0.25, 0.3) is 0 Å². The van der Waals surface area contributed by atoms with E-state index in [1.807, 2.05) is 0 Å². The minimum absolute atomic E-state index is 0.393. The van der Waals surface area contributed by atoms with Gasteiger partial charge < -0.3 is 10.1 Å². The van der Waals surface area contributed by atoms with Crippen molar-refractivity contribution in [1.82, 2.24) is 5.32 Å². The van der Waals surface area contributed by atoms with Crippen molar-refractivity contribution in [1.29, 1.82) is 0 Å². The molecular weight excluding hydrogens is 126 g/mol. The SMILES string of the molecule is CCCNCCC(C)OC. The summed E-state index contributed by atoms with van der Waals surface area (Å²) in [6.07, 6.45) is 2.71. The summed E-state index contributed by atoms with van der Waals surface area (Å²) in [5, 5.41) is 3.32. The third-order valence-corrected chi connectivity index (χ3v) is 1.56. The number of nitrogens with one attached hydrogen (secondary N) is 1. The molecule has 0 heterocycles. The highest BCUT2D eigenvalue weighted by Gasteiger charge is 1.96. The summed E-state index contributed by atoms with van der Waals surface area (Å²) in [7, 11) is 1.75. The fraction of sp³-hybridized carbons (Fsp3) is 1.00. The maximum atomic E-state index is 5.09. The van der Waals surface area contributed by atoms with Crippen LogP contribution >= 0.6 is 0 Å². The third kappa shape index (κ3) is 6.05. The molecule has 2 nitrogen and oxygen atoms in total. The lowest BCUT2D eigenvalue weighted by atomic mass is 10.3. The molecule has 10 heavy (non-hydrogen) atoms. The summed E-state index contributed by atoms with van der Waals surface area (Å²) in [4.78, 5) is 0. The lowest BCUT2D eigenvalue weighted by molar-refractivity contribution is 0.111. The van der Waals surface area contributed by atoms with E-state index < -0.39 is 0 Å². The molecule has 0 aliphatic heterocycles. The Morgan fingerprint density at radius 3 is 2.60 bits per heavy atom. The van der Waals surface area contributed by atoms with Gasteiger partial charge in [-0.1, -0.05) is 6.92 Å². The Morgan fingerprint density at radius 1 is 1.40 bits per heavy atom. The van der Waals surface area contributed by atoms with Crippen LogP contribution in [0, 0.1) is 0 Å². The first-order chi connectivity index (χ1) is 4.81. The normalized spacial score (nSPS) is 13.5. The number of methoxy groups -OCH3 is 1. The van der Waals surface area contributed by atoms with Crippen molar-refractivity contribution in [3.05, 3.63) is 0 Å². The van der Waals surface area contributed by atoms with Crippen LogP contribution in [0.2, 0.25) is 0 Å². The Bertz CT molecular complexity index is 66.3. The quantitative estimate of drug-likeness (QED) is 0.571. The molecule has 0 amide bonds. The predicted octanol–water partition coefficient (Wildman–Crippen LogP) is 1.41. The van der Waals surface area contributed by atoms with Crippen LogP contribution in [0.25, 0.3) is 0 Å². The molecule has 0 spiro atoms. The van der Waals surface area contributed by atoms with Gasteiger partial charge in [-0.3, -0.25) is 0 Å². The van der Waals surface area contributed by atoms with Crippen molar-refractivity contribution in [2.24, 2.45) is 0 Å². The fourth-order valence-corrected chi connectivity index (χ4v) is 0.725. The van der Waals surface area contributed by atoms with Crippen LogP contribution in [0.4, 0.5) is 0 Å². The first kappa shape index (κ1) is 9.92. The fourth-order valence-electron chi connectivity index (χ4n) is 0.725. The summed E-state index contributed by atoms with van der Waals surface area (Å²) < 4.78 is 5.09. The van der Waals surface area contributed by atoms with Gasteiger partial charge in [-0.2, -0.15) is 0 Å². The zero-order valence-corrected chi connectivity index (χ0v) is 7.31. The van der Waals surface area contributed by atoms with Gasteiger partial charge in [0.15, 0.2) is 0 Å². The lowest BCUT2D eigenvalue weighted by Gasteiger charge is -2.08. The van der Waals surface area contributed by atoms with Crippen molar-refractivity contribution in [3.8, 4) is 0 Å². The molecule has 2 heteroatoms. The third-order valence-electron chi connectivity index (χ3n) is 1.56. The topological polar surface area (TPSA) is 21.3 Å². The van der Waals surface area contributed by atoms with Crippen LogP contribution < -0.4 is 5.32 Å². The average molecular weight is 145 g/mol. The molecular formula is C8H19NO. The van der Waals surface area contributed by atoms with Crippen LogP contribution in [-0.4, -0.2) is 26.3 Å². The summed E-state index contributed by atoms with van der Waals surface area (Å²) in [5.74, 6) is 0. The molecule has 0 aromatic heterocycles. The molecule has 0 bridgehead atoms. The molecule has 0 fully saturated rings. The average Bonchev–Trinajstić information content (AvgIpc) is 1.98. The van der Waals surface area contributed by atoms with E-state index in [0.717, 1.165) is 19.5 Å². The van der Waals surface area contributed by atoms with Gasteiger partial charge >= 0.3 is 0 Å². The number of rotatable bonds is 6. The highest BCUT2D eigenvalue weighted by Crippen LogP contribution is 1.91. The van der Waals surface area contributed by atoms with E-state index in [0.29, 0.717) is 6.10 Å². The number of ether oxygens (including phenoxy) is 1. The summed E-state index contributed by atoms with van der Waals surface area (Å²) in [5.41, 5.74) is 0. The molecule has 0 aliphatic carbocycles. The molecule has 0 aromatic carbocycles. The maximum Gasteiger partial charge on any atom is 0.0555 e. The van der Waals surface area contributed by atoms with E-state index >= 15 is 0 Å². The van der Waals surface area contributed by atoms with Gasteiger partial charge in [0, 0.05) is 7.11 Å². The molecule has 1 atom stereocenters. The number of hydrogen-bond acceptors (Lipinski definition) is 2. The van der Waals surface area contributed by atoms with Crippen LogP contribution in [0.15, 0.2) is 0 Å². The molecule has 0 aliphatic rings. The highest BCUT2D eigenvalue weighted by molar-refractivity contribution is 4.52. The first-order valence-electron chi connectivity index (χ1n) is 4.04. The lowest BCUT2D eigenvalue weighted by Crippen LogP contribution is -2.20. The van der Waals surface area contributed by atoms with Crippen LogP contribution in [0.3, 0.4) is 0 Å². The second-order valence-electron chi connectivity index (χ2n) is 2.58. The second-order valence-corrected chi connectivity index (χ2v) is 2.58. The van der Waals surface area contributed by atoms with Crippen molar-refractivity contribution in [2.45, 2.75) is 32.8 Å². The van der Waals surface area contributed by atoms with Crippen LogP contribution in [-0.2, 0) is 4.74 Å². The van der Waals surface area contributed by atoms with Gasteiger partial charge in [0.1, 0.15) is 0 Å². The Labute approximate surface area is 64.0 Å². The van der Waals surface area contributed by atoms with E-state index in [9.17, 15) is 0 Å². The van der Waals surface area contributed by atoms with Gasteiger partial charge in [-0.05, 0) is 32.9 Å². The van der Waals surface area contributed by atoms with Gasteiger partial charge in [-0.25, -0.2) is 0 Å².